The van der Waals surface area contributed by atoms with Gasteiger partial charge in [-0.25, -0.2) is 0 Å². The zero-order valence-electron chi connectivity index (χ0n) is 11.9. The van der Waals surface area contributed by atoms with Crippen molar-refractivity contribution < 1.29 is 0 Å². The molecule has 0 spiro atoms. The molecule has 19 heavy (non-hydrogen) atoms. The minimum Gasteiger partial charge on any atom is -0.271 e. The number of hydrogen-bond donors (Lipinski definition) is 2. The number of aryl methyl sites for hydroxylation is 1. The Labute approximate surface area is 121 Å². The minimum absolute atomic E-state index is 0.438. The van der Waals surface area contributed by atoms with Crippen molar-refractivity contribution in [3.63, 3.8) is 0 Å². The predicted molar refractivity (Wildman–Crippen MR) is 84.2 cm³/mol. The second kappa shape index (κ2) is 7.93. The monoisotopic (exact) mass is 278 g/mol. The highest BCUT2D eigenvalue weighted by atomic mass is 32.2. The Bertz CT molecular complexity index is 375. The molecule has 1 unspecified atom stereocenters. The molecule has 3 N–H and O–H groups in total. The van der Waals surface area contributed by atoms with Gasteiger partial charge in [-0.1, -0.05) is 50.3 Å². The third-order valence-corrected chi connectivity index (χ3v) is 5.45. The summed E-state index contributed by atoms with van der Waals surface area (Å²) in [6, 6.07) is 9.02. The van der Waals surface area contributed by atoms with Crippen molar-refractivity contribution in [1.29, 1.82) is 0 Å². The van der Waals surface area contributed by atoms with Crippen molar-refractivity contribution in [2.75, 3.05) is 5.75 Å². The van der Waals surface area contributed by atoms with Crippen molar-refractivity contribution in [2.24, 2.45) is 11.8 Å². The Hall–Kier alpha value is -0.510. The molecule has 0 aliphatic heterocycles. The van der Waals surface area contributed by atoms with Gasteiger partial charge >= 0.3 is 0 Å². The molecule has 1 saturated carbocycles. The van der Waals surface area contributed by atoms with E-state index in [9.17, 15) is 0 Å². The van der Waals surface area contributed by atoms with Gasteiger partial charge in [0.25, 0.3) is 0 Å². The Morgan fingerprint density at radius 1 is 1.26 bits per heavy atom. The van der Waals surface area contributed by atoms with Gasteiger partial charge in [0.2, 0.25) is 0 Å². The highest BCUT2D eigenvalue weighted by Gasteiger charge is 2.18. The van der Waals surface area contributed by atoms with Crippen LogP contribution in [0.25, 0.3) is 0 Å². The van der Waals surface area contributed by atoms with Gasteiger partial charge < -0.3 is 0 Å². The van der Waals surface area contributed by atoms with E-state index in [1.165, 1.54) is 49.0 Å². The van der Waals surface area contributed by atoms with Gasteiger partial charge in [0.05, 0.1) is 0 Å². The molecular weight excluding hydrogens is 252 g/mol. The molecule has 1 aliphatic carbocycles. The molecule has 1 atom stereocenters. The molecule has 0 amide bonds. The van der Waals surface area contributed by atoms with Crippen molar-refractivity contribution in [3.8, 4) is 0 Å². The van der Waals surface area contributed by atoms with Gasteiger partial charge in [-0.3, -0.25) is 11.3 Å². The van der Waals surface area contributed by atoms with Crippen LogP contribution in [0.5, 0.6) is 0 Å². The fraction of sp³-hybridized carbons (Fsp3) is 0.625. The van der Waals surface area contributed by atoms with Crippen molar-refractivity contribution >= 4 is 11.8 Å². The first-order chi connectivity index (χ1) is 9.29. The molecule has 0 saturated heterocycles. The van der Waals surface area contributed by atoms with Crippen molar-refractivity contribution in [3.05, 3.63) is 29.8 Å². The van der Waals surface area contributed by atoms with Gasteiger partial charge in [-0.05, 0) is 30.9 Å². The average Bonchev–Trinajstić information content (AvgIpc) is 2.46. The number of nitrogens with one attached hydrogen (secondary N) is 1. The third-order valence-electron chi connectivity index (χ3n) is 4.11. The van der Waals surface area contributed by atoms with E-state index in [4.69, 9.17) is 5.84 Å². The second-order valence-corrected chi connectivity index (χ2v) is 6.74. The lowest BCUT2D eigenvalue weighted by atomic mass is 9.85. The van der Waals surface area contributed by atoms with Gasteiger partial charge in [-0.15, -0.1) is 11.8 Å². The standard InChI is InChI=1S/C16H26N2S/c1-13-7-5-6-10-16(13)19-12-15(18-17)11-14-8-3-2-4-9-14/h5-7,10,14-15,18H,2-4,8-9,11-12,17H2,1H3. The molecule has 106 valence electrons. The molecule has 0 bridgehead atoms. The molecule has 2 rings (SSSR count). The fourth-order valence-electron chi connectivity index (χ4n) is 2.92. The third kappa shape index (κ3) is 4.83. The summed E-state index contributed by atoms with van der Waals surface area (Å²) < 4.78 is 0. The zero-order chi connectivity index (χ0) is 13.5. The number of thioether (sulfide) groups is 1. The number of benzene rings is 1. The van der Waals surface area contributed by atoms with Crippen LogP contribution in [0.3, 0.4) is 0 Å². The van der Waals surface area contributed by atoms with E-state index < -0.39 is 0 Å². The Balaban J connectivity index is 1.80. The van der Waals surface area contributed by atoms with E-state index >= 15 is 0 Å². The summed E-state index contributed by atoms with van der Waals surface area (Å²) >= 11 is 1.93. The van der Waals surface area contributed by atoms with Crippen LogP contribution >= 0.6 is 11.8 Å². The van der Waals surface area contributed by atoms with E-state index in [1.807, 2.05) is 11.8 Å². The first-order valence-electron chi connectivity index (χ1n) is 7.44. The quantitative estimate of drug-likeness (QED) is 0.471. The number of hydrogen-bond acceptors (Lipinski definition) is 3. The highest BCUT2D eigenvalue weighted by Crippen LogP contribution is 2.29. The first-order valence-corrected chi connectivity index (χ1v) is 8.42. The summed E-state index contributed by atoms with van der Waals surface area (Å²) in [5, 5.41) is 0. The van der Waals surface area contributed by atoms with E-state index in [-0.39, 0.29) is 0 Å². The van der Waals surface area contributed by atoms with Crippen LogP contribution in [0.15, 0.2) is 29.2 Å². The topological polar surface area (TPSA) is 38.0 Å². The van der Waals surface area contributed by atoms with E-state index in [2.05, 4.69) is 36.6 Å². The van der Waals surface area contributed by atoms with Crippen LogP contribution in [-0.2, 0) is 0 Å². The van der Waals surface area contributed by atoms with Crippen LogP contribution in [0.1, 0.15) is 44.1 Å². The SMILES string of the molecule is Cc1ccccc1SCC(CC1CCCCC1)NN. The Morgan fingerprint density at radius 2 is 2.00 bits per heavy atom. The van der Waals surface area contributed by atoms with Crippen LogP contribution in [0.2, 0.25) is 0 Å². The lowest BCUT2D eigenvalue weighted by Crippen LogP contribution is -2.38. The highest BCUT2D eigenvalue weighted by molar-refractivity contribution is 7.99. The lowest BCUT2D eigenvalue weighted by Gasteiger charge is -2.26. The van der Waals surface area contributed by atoms with E-state index in [0.29, 0.717) is 6.04 Å². The molecule has 3 heteroatoms. The lowest BCUT2D eigenvalue weighted by molar-refractivity contribution is 0.308. The largest absolute Gasteiger partial charge is 0.271 e. The molecule has 1 aromatic rings. The summed E-state index contributed by atoms with van der Waals surface area (Å²) in [5.41, 5.74) is 4.38. The molecule has 1 aliphatic rings. The maximum Gasteiger partial charge on any atom is 0.0307 e. The van der Waals surface area contributed by atoms with Gasteiger partial charge in [0.1, 0.15) is 0 Å². The second-order valence-electron chi connectivity index (χ2n) is 5.68. The Morgan fingerprint density at radius 3 is 2.68 bits per heavy atom. The van der Waals surface area contributed by atoms with Crippen LogP contribution in [0.4, 0.5) is 0 Å². The molecule has 1 fully saturated rings. The normalized spacial score (nSPS) is 18.4. The predicted octanol–water partition coefficient (Wildman–Crippen LogP) is 3.89. The smallest absolute Gasteiger partial charge is 0.0307 e. The molecule has 1 aromatic carbocycles. The van der Waals surface area contributed by atoms with E-state index in [1.54, 1.807) is 0 Å². The maximum atomic E-state index is 5.73. The Kier molecular flexibility index (Phi) is 6.21. The summed E-state index contributed by atoms with van der Waals surface area (Å²) in [6.45, 7) is 2.17. The summed E-state index contributed by atoms with van der Waals surface area (Å²) in [5.74, 6) is 7.68. The maximum absolute atomic E-state index is 5.73. The zero-order valence-corrected chi connectivity index (χ0v) is 12.7. The van der Waals surface area contributed by atoms with Crippen LogP contribution in [0, 0.1) is 12.8 Å². The van der Waals surface area contributed by atoms with Gasteiger partial charge in [0.15, 0.2) is 0 Å². The summed E-state index contributed by atoms with van der Waals surface area (Å²) in [7, 11) is 0. The molecular formula is C16H26N2S. The number of rotatable bonds is 6. The average molecular weight is 278 g/mol. The first kappa shape index (κ1) is 14.9. The van der Waals surface area contributed by atoms with Crippen LogP contribution in [-0.4, -0.2) is 11.8 Å². The summed E-state index contributed by atoms with van der Waals surface area (Å²) in [4.78, 5) is 1.38. The van der Waals surface area contributed by atoms with E-state index in [0.717, 1.165) is 11.7 Å². The number of hydrazine groups is 1. The molecule has 0 heterocycles. The van der Waals surface area contributed by atoms with Gasteiger partial charge in [-0.2, -0.15) is 0 Å². The number of nitrogens with two attached hydrogens (primary N) is 1. The molecule has 2 nitrogen and oxygen atoms in total. The minimum atomic E-state index is 0.438. The van der Waals surface area contributed by atoms with Crippen molar-refractivity contribution in [2.45, 2.75) is 56.4 Å². The van der Waals surface area contributed by atoms with Gasteiger partial charge in [0, 0.05) is 16.7 Å². The fourth-order valence-corrected chi connectivity index (χ4v) is 4.00. The van der Waals surface area contributed by atoms with Crippen LogP contribution < -0.4 is 11.3 Å². The molecule has 0 aromatic heterocycles. The molecule has 0 radical (unpaired) electrons. The summed E-state index contributed by atoms with van der Waals surface area (Å²) in [6.07, 6.45) is 8.27. The van der Waals surface area contributed by atoms with Crippen molar-refractivity contribution in [1.82, 2.24) is 5.43 Å².